The van der Waals surface area contributed by atoms with Crippen LogP contribution in [0.3, 0.4) is 0 Å². The Balaban J connectivity index is 1.19. The molecule has 64 heavy (non-hydrogen) atoms. The summed E-state index contributed by atoms with van der Waals surface area (Å²) in [5.74, 6) is 0. The molecular weight excluding hydrogens is 793 g/mol. The zero-order valence-corrected chi connectivity index (χ0v) is 36.1. The maximum absolute atomic E-state index is 2.52. The van der Waals surface area contributed by atoms with Crippen molar-refractivity contribution in [2.45, 2.75) is 6.92 Å². The SMILES string of the molecule is Cc1c(N(c2ccc(-c3ccccc3)cc2)c2ccc3c(sc4ccccc43)c2-c2ccccc2-n2c3ccccc3c3ccccc32)ccc(-c2ccccc2)c1-c1ccccc1. The summed E-state index contributed by atoms with van der Waals surface area (Å²) in [4.78, 5) is 2.52. The van der Waals surface area contributed by atoms with Crippen LogP contribution in [0.2, 0.25) is 0 Å². The van der Waals surface area contributed by atoms with Crippen molar-refractivity contribution in [1.82, 2.24) is 4.57 Å². The second-order valence-electron chi connectivity index (χ2n) is 16.4. The molecule has 0 radical (unpaired) electrons. The van der Waals surface area contributed by atoms with E-state index in [4.69, 9.17) is 0 Å². The highest BCUT2D eigenvalue weighted by atomic mass is 32.1. The fourth-order valence-corrected chi connectivity index (χ4v) is 11.2. The Kier molecular flexibility index (Phi) is 9.28. The van der Waals surface area contributed by atoms with Crippen molar-refractivity contribution < 1.29 is 0 Å². The van der Waals surface area contributed by atoms with Gasteiger partial charge in [0.25, 0.3) is 0 Å². The minimum atomic E-state index is 1.09. The smallest absolute Gasteiger partial charge is 0.0555 e. The number of nitrogens with zero attached hydrogens (tertiary/aromatic N) is 2. The van der Waals surface area contributed by atoms with Crippen LogP contribution >= 0.6 is 11.3 Å². The summed E-state index contributed by atoms with van der Waals surface area (Å²) in [6, 6.07) is 86.4. The molecule has 0 spiro atoms. The molecule has 10 aromatic carbocycles. The fourth-order valence-electron chi connectivity index (χ4n) is 9.91. The van der Waals surface area contributed by atoms with Crippen LogP contribution in [-0.2, 0) is 0 Å². The molecule has 0 aliphatic carbocycles. The zero-order chi connectivity index (χ0) is 42.6. The van der Waals surface area contributed by atoms with Gasteiger partial charge in [-0.25, -0.2) is 0 Å². The Morgan fingerprint density at radius 2 is 0.891 bits per heavy atom. The Hall–Kier alpha value is -7.98. The van der Waals surface area contributed by atoms with E-state index >= 15 is 0 Å². The predicted molar refractivity (Wildman–Crippen MR) is 275 cm³/mol. The minimum Gasteiger partial charge on any atom is -0.310 e. The number of benzene rings is 10. The van der Waals surface area contributed by atoms with E-state index in [1.54, 1.807) is 0 Å². The lowest BCUT2D eigenvalue weighted by molar-refractivity contribution is 1.18. The maximum Gasteiger partial charge on any atom is 0.0555 e. The first-order valence-electron chi connectivity index (χ1n) is 21.9. The molecule has 2 heterocycles. The van der Waals surface area contributed by atoms with Crippen LogP contribution in [0.5, 0.6) is 0 Å². The lowest BCUT2D eigenvalue weighted by Gasteiger charge is -2.31. The molecular formula is C61H42N2S. The molecule has 302 valence electrons. The third kappa shape index (κ3) is 6.24. The van der Waals surface area contributed by atoms with Crippen molar-refractivity contribution in [1.29, 1.82) is 0 Å². The molecule has 0 unspecified atom stereocenters. The average molecular weight is 835 g/mol. The Morgan fingerprint density at radius 1 is 0.359 bits per heavy atom. The Bertz CT molecular complexity index is 3610. The summed E-state index contributed by atoms with van der Waals surface area (Å²) in [6.45, 7) is 2.30. The lowest BCUT2D eigenvalue weighted by atomic mass is 9.89. The van der Waals surface area contributed by atoms with Crippen molar-refractivity contribution >= 4 is 70.4 Å². The number of hydrogen-bond donors (Lipinski definition) is 0. The van der Waals surface area contributed by atoms with Crippen LogP contribution in [0.4, 0.5) is 17.1 Å². The first kappa shape index (κ1) is 37.8. The molecule has 12 rings (SSSR count). The van der Waals surface area contributed by atoms with E-state index in [0.29, 0.717) is 0 Å². The number of hydrogen-bond acceptors (Lipinski definition) is 2. The molecule has 0 fully saturated rings. The molecule has 0 N–H and O–H groups in total. The van der Waals surface area contributed by atoms with Crippen LogP contribution in [0.1, 0.15) is 5.56 Å². The standard InChI is InChI=1S/C61H42N2S/c1-41-53(39-37-47(44-21-7-3-8-22-44)59(41)45-23-9-4-10-24-45)62(46-35-33-43(34-36-46)42-19-5-2-6-20-42)57-40-38-51-50-27-14-18-32-58(50)64-61(51)60(57)52-28-13-17-31-56(52)63-54-29-15-11-25-48(54)49-26-12-16-30-55(49)63/h2-40H,1H3. The van der Waals surface area contributed by atoms with Gasteiger partial charge in [-0.15, -0.1) is 11.3 Å². The molecule has 0 saturated heterocycles. The highest BCUT2D eigenvalue weighted by Crippen LogP contribution is 2.52. The van der Waals surface area contributed by atoms with E-state index in [0.717, 1.165) is 22.7 Å². The number of thiophene rings is 1. The lowest BCUT2D eigenvalue weighted by Crippen LogP contribution is -2.14. The summed E-state index contributed by atoms with van der Waals surface area (Å²) in [7, 11) is 0. The Labute approximate surface area is 377 Å². The van der Waals surface area contributed by atoms with E-state index in [2.05, 4.69) is 253 Å². The van der Waals surface area contributed by atoms with Crippen LogP contribution in [0, 0.1) is 6.92 Å². The Morgan fingerprint density at radius 3 is 1.58 bits per heavy atom. The number of para-hydroxylation sites is 3. The zero-order valence-electron chi connectivity index (χ0n) is 35.3. The van der Waals surface area contributed by atoms with E-state index in [9.17, 15) is 0 Å². The van der Waals surface area contributed by atoms with Gasteiger partial charge >= 0.3 is 0 Å². The molecule has 12 aromatic rings. The fraction of sp³-hybridized carbons (Fsp3) is 0.0164. The topological polar surface area (TPSA) is 8.17 Å². The molecule has 0 amide bonds. The number of rotatable bonds is 8. The number of anilines is 3. The molecule has 2 aromatic heterocycles. The number of aromatic nitrogens is 1. The third-order valence-electron chi connectivity index (χ3n) is 12.8. The van der Waals surface area contributed by atoms with E-state index < -0.39 is 0 Å². The molecule has 2 nitrogen and oxygen atoms in total. The molecule has 0 aliphatic heterocycles. The maximum atomic E-state index is 2.52. The summed E-state index contributed by atoms with van der Waals surface area (Å²) in [5.41, 5.74) is 17.7. The van der Waals surface area contributed by atoms with Gasteiger partial charge in [0.2, 0.25) is 0 Å². The molecule has 0 aliphatic rings. The van der Waals surface area contributed by atoms with Gasteiger partial charge in [0.05, 0.1) is 22.4 Å². The van der Waals surface area contributed by atoms with Gasteiger partial charge in [0.1, 0.15) is 0 Å². The highest BCUT2D eigenvalue weighted by Gasteiger charge is 2.27. The van der Waals surface area contributed by atoms with Crippen LogP contribution in [0.25, 0.3) is 92.2 Å². The van der Waals surface area contributed by atoms with Crippen molar-refractivity contribution in [2.75, 3.05) is 4.90 Å². The monoisotopic (exact) mass is 834 g/mol. The normalized spacial score (nSPS) is 11.5. The minimum absolute atomic E-state index is 1.09. The highest BCUT2D eigenvalue weighted by molar-refractivity contribution is 7.26. The van der Waals surface area contributed by atoms with Crippen LogP contribution in [0.15, 0.2) is 237 Å². The summed E-state index contributed by atoms with van der Waals surface area (Å²) >= 11 is 1.89. The van der Waals surface area contributed by atoms with Gasteiger partial charge in [0, 0.05) is 53.4 Å². The summed E-state index contributed by atoms with van der Waals surface area (Å²) in [5, 5.41) is 5.03. The average Bonchev–Trinajstić information content (AvgIpc) is 3.91. The van der Waals surface area contributed by atoms with E-state index in [1.165, 1.54) is 92.0 Å². The second kappa shape index (κ2) is 15.7. The van der Waals surface area contributed by atoms with Gasteiger partial charge < -0.3 is 9.47 Å². The van der Waals surface area contributed by atoms with E-state index in [-0.39, 0.29) is 0 Å². The van der Waals surface area contributed by atoms with Crippen LogP contribution in [-0.4, -0.2) is 4.57 Å². The largest absolute Gasteiger partial charge is 0.310 e. The third-order valence-corrected chi connectivity index (χ3v) is 14.0. The van der Waals surface area contributed by atoms with Gasteiger partial charge in [-0.05, 0) is 94.4 Å². The first-order chi connectivity index (χ1) is 31.7. The summed E-state index contributed by atoms with van der Waals surface area (Å²) < 4.78 is 5.01. The van der Waals surface area contributed by atoms with Crippen molar-refractivity contribution in [3.05, 3.63) is 242 Å². The van der Waals surface area contributed by atoms with Crippen molar-refractivity contribution in [2.24, 2.45) is 0 Å². The van der Waals surface area contributed by atoms with Gasteiger partial charge in [-0.2, -0.15) is 0 Å². The van der Waals surface area contributed by atoms with Crippen molar-refractivity contribution in [3.8, 4) is 50.2 Å². The molecule has 0 atom stereocenters. The summed E-state index contributed by atoms with van der Waals surface area (Å²) in [6.07, 6.45) is 0. The van der Waals surface area contributed by atoms with Gasteiger partial charge in [-0.1, -0.05) is 188 Å². The quantitative estimate of drug-likeness (QED) is 0.148. The van der Waals surface area contributed by atoms with Crippen molar-refractivity contribution in [3.63, 3.8) is 0 Å². The predicted octanol–water partition coefficient (Wildman–Crippen LogP) is 17.6. The molecule has 0 saturated carbocycles. The van der Waals surface area contributed by atoms with Gasteiger partial charge in [0.15, 0.2) is 0 Å². The molecule has 3 heteroatoms. The van der Waals surface area contributed by atoms with E-state index in [1.807, 2.05) is 11.3 Å². The van der Waals surface area contributed by atoms with Gasteiger partial charge in [-0.3, -0.25) is 0 Å². The number of fused-ring (bicyclic) bond motifs is 6. The van der Waals surface area contributed by atoms with Crippen LogP contribution < -0.4 is 4.90 Å². The first-order valence-corrected chi connectivity index (χ1v) is 22.8. The molecule has 0 bridgehead atoms. The second-order valence-corrected chi connectivity index (χ2v) is 17.5.